The normalized spacial score (nSPS) is 11.7. The molecule has 0 aliphatic heterocycles. The highest BCUT2D eigenvalue weighted by atomic mass is 16.5. The highest BCUT2D eigenvalue weighted by Gasteiger charge is 2.23. The summed E-state index contributed by atoms with van der Waals surface area (Å²) in [6.45, 7) is 0. The van der Waals surface area contributed by atoms with Crippen LogP contribution in [0, 0.1) is 0 Å². The lowest BCUT2D eigenvalue weighted by Crippen LogP contribution is -1.95. The lowest BCUT2D eigenvalue weighted by molar-refractivity contribution is 0.355. The number of rotatable bonds is 6. The number of nitrogens with zero attached hydrogens (tertiary/aromatic N) is 1. The third-order valence-corrected chi connectivity index (χ3v) is 8.70. The topological polar surface area (TPSA) is 72.2 Å². The van der Waals surface area contributed by atoms with Gasteiger partial charge in [0.2, 0.25) is 5.89 Å². The first-order valence-electron chi connectivity index (χ1n) is 14.5. The van der Waals surface area contributed by atoms with E-state index in [0.29, 0.717) is 45.7 Å². The molecule has 8 rings (SSSR count). The Morgan fingerprint density at radius 1 is 0.467 bits per heavy atom. The van der Waals surface area contributed by atoms with E-state index in [2.05, 4.69) is 54.6 Å². The fourth-order valence-electron chi connectivity index (χ4n) is 6.52. The summed E-state index contributed by atoms with van der Waals surface area (Å²) in [5.41, 5.74) is 2.13. The van der Waals surface area contributed by atoms with Crippen molar-refractivity contribution >= 4 is 65.0 Å². The van der Waals surface area contributed by atoms with E-state index < -0.39 is 0 Å². The van der Waals surface area contributed by atoms with E-state index in [0.717, 1.165) is 48.7 Å². The maximum atomic E-state index is 6.53. The summed E-state index contributed by atoms with van der Waals surface area (Å²) in [5.74, 6) is 3.57. The molecule has 0 saturated carbocycles. The Bertz CT molecular complexity index is 2440. The van der Waals surface area contributed by atoms with Crippen LogP contribution < -0.4 is 23.7 Å². The molecule has 0 atom stereocenters. The second-order valence-corrected chi connectivity index (χ2v) is 11.0. The van der Waals surface area contributed by atoms with Gasteiger partial charge in [0.25, 0.3) is 0 Å². The summed E-state index contributed by atoms with van der Waals surface area (Å²) < 4.78 is 35.3. The van der Waals surface area contributed by atoms with Crippen LogP contribution >= 0.6 is 0 Å². The fourth-order valence-corrected chi connectivity index (χ4v) is 6.52. The van der Waals surface area contributed by atoms with Gasteiger partial charge in [-0.1, -0.05) is 30.3 Å². The van der Waals surface area contributed by atoms with Crippen LogP contribution in [0.2, 0.25) is 0 Å². The first-order chi connectivity index (χ1) is 22.0. The van der Waals surface area contributed by atoms with Crippen LogP contribution in [0.3, 0.4) is 0 Å². The fraction of sp³-hybridized carbons (Fsp3) is 0.132. The van der Waals surface area contributed by atoms with Gasteiger partial charge < -0.3 is 28.1 Å². The summed E-state index contributed by atoms with van der Waals surface area (Å²) in [7, 11) is 8.18. The van der Waals surface area contributed by atoms with Gasteiger partial charge in [0.1, 0.15) is 5.52 Å². The third kappa shape index (κ3) is 4.00. The van der Waals surface area contributed by atoms with Crippen molar-refractivity contribution in [3.05, 3.63) is 84.9 Å². The van der Waals surface area contributed by atoms with E-state index in [1.807, 2.05) is 30.3 Å². The van der Waals surface area contributed by atoms with Crippen LogP contribution in [-0.2, 0) is 0 Å². The monoisotopic (exact) mass is 595 g/mol. The van der Waals surface area contributed by atoms with Gasteiger partial charge in [-0.25, -0.2) is 4.98 Å². The molecule has 0 N–H and O–H groups in total. The average molecular weight is 596 g/mol. The molecule has 8 aromatic rings. The van der Waals surface area contributed by atoms with E-state index in [1.165, 1.54) is 10.8 Å². The minimum absolute atomic E-state index is 0.506. The number of ether oxygens (including phenoxy) is 5. The van der Waals surface area contributed by atoms with Gasteiger partial charge >= 0.3 is 0 Å². The zero-order chi connectivity index (χ0) is 30.8. The van der Waals surface area contributed by atoms with Crippen molar-refractivity contribution in [2.24, 2.45) is 0 Å². The van der Waals surface area contributed by atoms with Crippen LogP contribution in [0.5, 0.6) is 28.7 Å². The molecule has 1 aromatic heterocycles. The molecule has 1 heterocycles. The first kappa shape index (κ1) is 26.9. The zero-order valence-electron chi connectivity index (χ0n) is 25.5. The van der Waals surface area contributed by atoms with Crippen molar-refractivity contribution in [3.63, 3.8) is 0 Å². The SMILES string of the molecule is COc1cc2c3cc(OC)c(OC)cc3c3c(cc(OC)c4oc(-c5ccc6cc7ccccc7cc6c5)nc43)c2cc1OC. The number of hydrogen-bond donors (Lipinski definition) is 0. The van der Waals surface area contributed by atoms with E-state index in [1.54, 1.807) is 35.5 Å². The second-order valence-electron chi connectivity index (χ2n) is 11.0. The molecule has 7 heteroatoms. The average Bonchev–Trinajstić information content (AvgIpc) is 3.54. The molecule has 0 amide bonds. The number of hydrogen-bond acceptors (Lipinski definition) is 7. The van der Waals surface area contributed by atoms with Gasteiger partial charge in [0.05, 0.1) is 35.5 Å². The van der Waals surface area contributed by atoms with E-state index in [9.17, 15) is 0 Å². The predicted octanol–water partition coefficient (Wildman–Crippen LogP) is 9.30. The lowest BCUT2D eigenvalue weighted by atomic mass is 9.92. The Labute approximate surface area is 258 Å². The summed E-state index contributed by atoms with van der Waals surface area (Å²) >= 11 is 0. The maximum Gasteiger partial charge on any atom is 0.227 e. The van der Waals surface area contributed by atoms with Crippen molar-refractivity contribution in [1.82, 2.24) is 4.98 Å². The Balaban J connectivity index is 1.49. The predicted molar refractivity (Wildman–Crippen MR) is 180 cm³/mol. The van der Waals surface area contributed by atoms with Crippen LogP contribution in [-0.4, -0.2) is 40.5 Å². The van der Waals surface area contributed by atoms with Crippen molar-refractivity contribution in [1.29, 1.82) is 0 Å². The van der Waals surface area contributed by atoms with Crippen LogP contribution in [0.1, 0.15) is 0 Å². The summed E-state index contributed by atoms with van der Waals surface area (Å²) in [6.07, 6.45) is 0. The van der Waals surface area contributed by atoms with Crippen molar-refractivity contribution in [2.45, 2.75) is 0 Å². The molecule has 0 aliphatic carbocycles. The van der Waals surface area contributed by atoms with Crippen LogP contribution in [0.15, 0.2) is 89.3 Å². The largest absolute Gasteiger partial charge is 0.493 e. The number of benzene rings is 7. The van der Waals surface area contributed by atoms with Gasteiger partial charge in [0.15, 0.2) is 34.3 Å². The molecule has 7 nitrogen and oxygen atoms in total. The van der Waals surface area contributed by atoms with Gasteiger partial charge in [-0.2, -0.15) is 0 Å². The van der Waals surface area contributed by atoms with Gasteiger partial charge in [-0.3, -0.25) is 0 Å². The molecule has 0 bridgehead atoms. The van der Waals surface area contributed by atoms with Crippen LogP contribution in [0.25, 0.3) is 76.4 Å². The molecule has 0 radical (unpaired) electrons. The number of methoxy groups -OCH3 is 5. The van der Waals surface area contributed by atoms with E-state index in [-0.39, 0.29) is 0 Å². The Kier molecular flexibility index (Phi) is 6.10. The minimum Gasteiger partial charge on any atom is -0.493 e. The van der Waals surface area contributed by atoms with Crippen molar-refractivity contribution < 1.29 is 28.1 Å². The quantitative estimate of drug-likeness (QED) is 0.140. The third-order valence-electron chi connectivity index (χ3n) is 8.70. The minimum atomic E-state index is 0.506. The Morgan fingerprint density at radius 3 is 1.49 bits per heavy atom. The molecule has 0 fully saturated rings. The van der Waals surface area contributed by atoms with Crippen molar-refractivity contribution in [3.8, 4) is 40.2 Å². The smallest absolute Gasteiger partial charge is 0.227 e. The molecule has 7 aromatic carbocycles. The highest BCUT2D eigenvalue weighted by molar-refractivity contribution is 6.32. The van der Waals surface area contributed by atoms with Gasteiger partial charge in [0, 0.05) is 10.9 Å². The maximum absolute atomic E-state index is 6.53. The standard InChI is InChI=1S/C38H29NO6/c1-40-30-15-25-26-16-32(42-3)33(43-4)18-28(26)35-29(27(25)17-31(30)41-2)19-34(44-5)37-36(35)39-38(45-37)23-11-10-22-12-20-8-6-7-9-21(20)13-24(22)14-23/h6-19H,1-5H3. The Morgan fingerprint density at radius 2 is 0.933 bits per heavy atom. The molecule has 222 valence electrons. The highest BCUT2D eigenvalue weighted by Crippen LogP contribution is 2.48. The second kappa shape index (κ2) is 10.2. The molecule has 0 saturated heterocycles. The van der Waals surface area contributed by atoms with Gasteiger partial charge in [-0.15, -0.1) is 0 Å². The van der Waals surface area contributed by atoms with Crippen molar-refractivity contribution in [2.75, 3.05) is 35.5 Å². The zero-order valence-corrected chi connectivity index (χ0v) is 25.5. The van der Waals surface area contributed by atoms with E-state index >= 15 is 0 Å². The lowest BCUT2D eigenvalue weighted by Gasteiger charge is -2.17. The first-order valence-corrected chi connectivity index (χ1v) is 14.5. The number of oxazole rings is 1. The van der Waals surface area contributed by atoms with Gasteiger partial charge in [-0.05, 0) is 103 Å². The molecular weight excluding hydrogens is 566 g/mol. The molecule has 0 aliphatic rings. The summed E-state index contributed by atoms with van der Waals surface area (Å²) in [5, 5.41) is 10.3. The molecule has 0 spiro atoms. The van der Waals surface area contributed by atoms with E-state index in [4.69, 9.17) is 33.1 Å². The number of aromatic nitrogens is 1. The Hall–Kier alpha value is -5.69. The van der Waals surface area contributed by atoms with Crippen LogP contribution in [0.4, 0.5) is 0 Å². The summed E-state index contributed by atoms with van der Waals surface area (Å²) in [6, 6.07) is 29.0. The molecule has 45 heavy (non-hydrogen) atoms. The summed E-state index contributed by atoms with van der Waals surface area (Å²) in [4.78, 5) is 5.15. The molecular formula is C38H29NO6. The number of fused-ring (bicyclic) bond motifs is 10. The molecule has 0 unspecified atom stereocenters.